The molecule has 6 heteroatoms. The molecule has 0 bridgehead atoms. The van der Waals surface area contributed by atoms with E-state index in [4.69, 9.17) is 11.1 Å². The Morgan fingerprint density at radius 2 is 2.32 bits per heavy atom. The van der Waals surface area contributed by atoms with Crippen LogP contribution in [0, 0.1) is 5.41 Å². The summed E-state index contributed by atoms with van der Waals surface area (Å²) < 4.78 is 0. The van der Waals surface area contributed by atoms with Crippen molar-refractivity contribution in [1.82, 2.24) is 9.88 Å². The van der Waals surface area contributed by atoms with Crippen molar-refractivity contribution in [2.75, 3.05) is 18.4 Å². The van der Waals surface area contributed by atoms with Crippen LogP contribution in [-0.4, -0.2) is 28.9 Å². The van der Waals surface area contributed by atoms with Crippen LogP contribution in [0.4, 0.5) is 5.13 Å². The third-order valence-electron chi connectivity index (χ3n) is 3.38. The Balaban J connectivity index is 1.85. The van der Waals surface area contributed by atoms with Crippen LogP contribution in [0.3, 0.4) is 0 Å². The predicted octanol–water partition coefficient (Wildman–Crippen LogP) is 2.39. The molecule has 0 spiro atoms. The summed E-state index contributed by atoms with van der Waals surface area (Å²) in [5.74, 6) is -0.0393. The fraction of sp³-hybridized carbons (Fsp3) is 0.692. The zero-order chi connectivity index (χ0) is 13.7. The second-order valence-electron chi connectivity index (χ2n) is 5.01. The monoisotopic (exact) mass is 281 g/mol. The normalized spacial score (nSPS) is 15.2. The van der Waals surface area contributed by atoms with Gasteiger partial charge in [0.05, 0.1) is 5.69 Å². The third-order valence-corrected chi connectivity index (χ3v) is 4.38. The molecule has 0 radical (unpaired) electrons. The van der Waals surface area contributed by atoms with Gasteiger partial charge in [-0.1, -0.05) is 26.2 Å². The summed E-state index contributed by atoms with van der Waals surface area (Å²) in [6.07, 6.45) is 6.27. The van der Waals surface area contributed by atoms with Gasteiger partial charge in [0.25, 0.3) is 0 Å². The molecule has 0 fully saturated rings. The lowest BCUT2D eigenvalue weighted by molar-refractivity contribution is 0.249. The van der Waals surface area contributed by atoms with Crippen LogP contribution < -0.4 is 11.1 Å². The molecular weight excluding hydrogens is 258 g/mol. The highest BCUT2D eigenvalue weighted by Crippen LogP contribution is 2.28. The molecule has 4 N–H and O–H groups in total. The van der Waals surface area contributed by atoms with Crippen LogP contribution in [-0.2, 0) is 13.0 Å². The number of fused-ring (bicyclic) bond motifs is 1. The number of aromatic nitrogens is 1. The van der Waals surface area contributed by atoms with Gasteiger partial charge < -0.3 is 11.1 Å². The zero-order valence-corrected chi connectivity index (χ0v) is 12.4. The van der Waals surface area contributed by atoms with Crippen molar-refractivity contribution in [2.24, 2.45) is 5.73 Å². The first-order valence-corrected chi connectivity index (χ1v) is 7.82. The van der Waals surface area contributed by atoms with E-state index in [0.717, 1.165) is 24.6 Å². The molecular formula is C13H23N5S. The fourth-order valence-electron chi connectivity index (χ4n) is 2.37. The van der Waals surface area contributed by atoms with Gasteiger partial charge in [0.1, 0.15) is 0 Å². The molecule has 2 rings (SSSR count). The lowest BCUT2D eigenvalue weighted by atomic mass is 10.1. The van der Waals surface area contributed by atoms with E-state index < -0.39 is 0 Å². The highest BCUT2D eigenvalue weighted by Gasteiger charge is 2.20. The van der Waals surface area contributed by atoms with Crippen molar-refractivity contribution in [1.29, 1.82) is 5.41 Å². The molecule has 0 aromatic carbocycles. The van der Waals surface area contributed by atoms with E-state index in [1.807, 2.05) is 0 Å². The maximum atomic E-state index is 7.23. The lowest BCUT2D eigenvalue weighted by Crippen LogP contribution is -2.30. The molecule has 1 aromatic heterocycles. The second-order valence-corrected chi connectivity index (χ2v) is 6.10. The minimum Gasteiger partial charge on any atom is -0.370 e. The number of hydrogen-bond acceptors (Lipinski definition) is 4. The highest BCUT2D eigenvalue weighted by molar-refractivity contribution is 7.15. The maximum Gasteiger partial charge on any atom is 0.192 e. The standard InChI is InChI=1S/C13H23N5S/c1-2-3-4-5-7-18-8-6-10-11(9-18)19-13(16-10)17-12(14)15/h2-9H2,1H3,(H4,14,15,16,17). The topological polar surface area (TPSA) is 78.0 Å². The number of anilines is 1. The van der Waals surface area contributed by atoms with Gasteiger partial charge in [-0.15, -0.1) is 11.3 Å². The average molecular weight is 281 g/mol. The van der Waals surface area contributed by atoms with E-state index in [1.54, 1.807) is 11.3 Å². The summed E-state index contributed by atoms with van der Waals surface area (Å²) in [5.41, 5.74) is 6.51. The van der Waals surface area contributed by atoms with Crippen molar-refractivity contribution in [3.05, 3.63) is 10.6 Å². The predicted molar refractivity (Wildman–Crippen MR) is 80.8 cm³/mol. The molecule has 2 heterocycles. The van der Waals surface area contributed by atoms with Crippen LogP contribution in [0.1, 0.15) is 43.2 Å². The molecule has 0 unspecified atom stereocenters. The van der Waals surface area contributed by atoms with Gasteiger partial charge in [-0.3, -0.25) is 10.3 Å². The van der Waals surface area contributed by atoms with E-state index in [0.29, 0.717) is 0 Å². The number of unbranched alkanes of at least 4 members (excludes halogenated alkanes) is 3. The molecule has 1 aliphatic rings. The van der Waals surface area contributed by atoms with Crippen molar-refractivity contribution < 1.29 is 0 Å². The van der Waals surface area contributed by atoms with Crippen molar-refractivity contribution in [3.63, 3.8) is 0 Å². The Labute approximate surface area is 118 Å². The van der Waals surface area contributed by atoms with E-state index in [2.05, 4.69) is 22.1 Å². The van der Waals surface area contributed by atoms with Gasteiger partial charge in [-0.2, -0.15) is 0 Å². The van der Waals surface area contributed by atoms with Gasteiger partial charge in [0.2, 0.25) is 0 Å². The van der Waals surface area contributed by atoms with Crippen LogP contribution in [0.2, 0.25) is 0 Å². The van der Waals surface area contributed by atoms with Crippen molar-refractivity contribution in [3.8, 4) is 0 Å². The van der Waals surface area contributed by atoms with Crippen molar-refractivity contribution >= 4 is 22.4 Å². The molecule has 1 aromatic rings. The maximum absolute atomic E-state index is 7.23. The minimum absolute atomic E-state index is 0.0393. The summed E-state index contributed by atoms with van der Waals surface area (Å²) >= 11 is 1.63. The van der Waals surface area contributed by atoms with Crippen LogP contribution in [0.15, 0.2) is 0 Å². The van der Waals surface area contributed by atoms with Crippen molar-refractivity contribution in [2.45, 2.75) is 45.6 Å². The van der Waals surface area contributed by atoms with Gasteiger partial charge >= 0.3 is 0 Å². The van der Waals surface area contributed by atoms with Gasteiger partial charge in [0, 0.05) is 24.4 Å². The fourth-order valence-corrected chi connectivity index (χ4v) is 3.43. The molecule has 0 atom stereocenters. The number of guanidine groups is 1. The molecule has 0 saturated carbocycles. The second kappa shape index (κ2) is 6.86. The number of thiazole rings is 1. The lowest BCUT2D eigenvalue weighted by Gasteiger charge is -2.25. The smallest absolute Gasteiger partial charge is 0.192 e. The number of nitrogens with zero attached hydrogens (tertiary/aromatic N) is 2. The van der Waals surface area contributed by atoms with Gasteiger partial charge in [-0.05, 0) is 13.0 Å². The van der Waals surface area contributed by atoms with E-state index in [9.17, 15) is 0 Å². The Hall–Kier alpha value is -1.14. The number of nitrogens with two attached hydrogens (primary N) is 1. The highest BCUT2D eigenvalue weighted by atomic mass is 32.1. The third kappa shape index (κ3) is 4.18. The summed E-state index contributed by atoms with van der Waals surface area (Å²) in [5, 5.41) is 10.8. The Kier molecular flexibility index (Phi) is 5.15. The molecule has 106 valence electrons. The zero-order valence-electron chi connectivity index (χ0n) is 11.5. The minimum atomic E-state index is -0.0393. The molecule has 5 nitrogen and oxygen atoms in total. The Bertz CT molecular complexity index is 429. The number of nitrogens with one attached hydrogen (secondary N) is 2. The number of hydrogen-bond donors (Lipinski definition) is 3. The first-order chi connectivity index (χ1) is 9.19. The van der Waals surface area contributed by atoms with E-state index in [-0.39, 0.29) is 5.96 Å². The molecule has 0 aliphatic carbocycles. The largest absolute Gasteiger partial charge is 0.370 e. The Morgan fingerprint density at radius 1 is 1.47 bits per heavy atom. The van der Waals surface area contributed by atoms with E-state index in [1.165, 1.54) is 42.8 Å². The van der Waals surface area contributed by atoms with Crippen LogP contribution in [0.5, 0.6) is 0 Å². The SMILES string of the molecule is CCCCCCN1CCc2nc(NC(=N)N)sc2C1. The molecule has 0 amide bonds. The summed E-state index contributed by atoms with van der Waals surface area (Å²) in [6, 6.07) is 0. The Morgan fingerprint density at radius 3 is 3.05 bits per heavy atom. The molecule has 19 heavy (non-hydrogen) atoms. The quantitative estimate of drug-likeness (QED) is 0.425. The first kappa shape index (κ1) is 14.3. The summed E-state index contributed by atoms with van der Waals surface area (Å²) in [6.45, 7) is 5.53. The average Bonchev–Trinajstić information content (AvgIpc) is 2.75. The van der Waals surface area contributed by atoms with E-state index >= 15 is 0 Å². The summed E-state index contributed by atoms with van der Waals surface area (Å²) in [4.78, 5) is 8.33. The first-order valence-electron chi connectivity index (χ1n) is 7.01. The van der Waals surface area contributed by atoms with Gasteiger partial charge in [0.15, 0.2) is 11.1 Å². The molecule has 1 aliphatic heterocycles. The molecule has 0 saturated heterocycles. The van der Waals surface area contributed by atoms with Crippen LogP contribution in [0.25, 0.3) is 0 Å². The summed E-state index contributed by atoms with van der Waals surface area (Å²) in [7, 11) is 0. The van der Waals surface area contributed by atoms with Crippen LogP contribution >= 0.6 is 11.3 Å². The van der Waals surface area contributed by atoms with Gasteiger partial charge in [-0.25, -0.2) is 4.98 Å². The number of rotatable bonds is 6.